The monoisotopic (exact) mass is 247 g/mol. The molecule has 0 radical (unpaired) electrons. The Morgan fingerprint density at radius 3 is 2.80 bits per heavy atom. The van der Waals surface area contributed by atoms with Gasteiger partial charge in [0.05, 0.1) is 18.7 Å². The average Bonchev–Trinajstić information content (AvgIpc) is 2.45. The highest BCUT2D eigenvalue weighted by Crippen LogP contribution is 2.21. The van der Waals surface area contributed by atoms with Crippen molar-refractivity contribution in [1.82, 2.24) is 4.98 Å². The molecule has 0 N–H and O–H groups in total. The van der Waals surface area contributed by atoms with Gasteiger partial charge in [0, 0.05) is 12.0 Å². The highest BCUT2D eigenvalue weighted by atomic mass is 32.2. The topological polar surface area (TPSA) is 48.4 Å². The van der Waals surface area contributed by atoms with E-state index in [2.05, 4.69) is 17.6 Å². The lowest BCUT2D eigenvalue weighted by Gasteiger charge is -2.02. The Bertz CT molecular complexity index is 338. The van der Waals surface area contributed by atoms with E-state index >= 15 is 0 Å². The molecule has 0 spiro atoms. The van der Waals surface area contributed by atoms with E-state index in [1.165, 1.54) is 11.3 Å². The second-order valence-corrected chi connectivity index (χ2v) is 4.70. The fraction of sp³-hybridized carbons (Fsp3) is 0.556. The summed E-state index contributed by atoms with van der Waals surface area (Å²) in [7, 11) is 1.56. The zero-order valence-electron chi connectivity index (χ0n) is 8.65. The standard InChI is InChI=1S/C9H13NO3S2/c1-6-7(15-9(14)10-6)5-8(11)13-4-3-12-2/h3-5H2,1-2H3,(H,10,14). The molecule has 0 saturated heterocycles. The van der Waals surface area contributed by atoms with Crippen LogP contribution in [0.5, 0.6) is 0 Å². The van der Waals surface area contributed by atoms with Crippen LogP contribution >= 0.6 is 24.0 Å². The average molecular weight is 247 g/mol. The maximum Gasteiger partial charge on any atom is 0.311 e. The summed E-state index contributed by atoms with van der Waals surface area (Å²) in [5.74, 6) is -0.257. The zero-order valence-corrected chi connectivity index (χ0v) is 10.4. The number of hydrogen-bond donors (Lipinski definition) is 1. The van der Waals surface area contributed by atoms with Gasteiger partial charge >= 0.3 is 5.97 Å². The van der Waals surface area contributed by atoms with Gasteiger partial charge in [-0.05, 0) is 6.92 Å². The Labute approximate surface area is 98.0 Å². The number of carbonyl (C=O) groups excluding carboxylic acids is 1. The number of thiol groups is 1. The summed E-state index contributed by atoms with van der Waals surface area (Å²) in [6, 6.07) is 0. The molecular formula is C9H13NO3S2. The van der Waals surface area contributed by atoms with Crippen molar-refractivity contribution in [2.45, 2.75) is 17.7 Å². The summed E-state index contributed by atoms with van der Waals surface area (Å²) in [5.41, 5.74) is 0.841. The molecule has 0 unspecified atom stereocenters. The van der Waals surface area contributed by atoms with Crippen molar-refractivity contribution in [3.05, 3.63) is 10.6 Å². The number of nitrogens with zero attached hydrogens (tertiary/aromatic N) is 1. The van der Waals surface area contributed by atoms with E-state index < -0.39 is 0 Å². The molecule has 15 heavy (non-hydrogen) atoms. The van der Waals surface area contributed by atoms with Crippen molar-refractivity contribution in [1.29, 1.82) is 0 Å². The lowest BCUT2D eigenvalue weighted by molar-refractivity contribution is -0.144. The fourth-order valence-corrected chi connectivity index (χ4v) is 2.26. The van der Waals surface area contributed by atoms with Crippen molar-refractivity contribution in [3.63, 3.8) is 0 Å². The molecule has 0 aromatic carbocycles. The van der Waals surface area contributed by atoms with Crippen LogP contribution in [0.1, 0.15) is 10.6 Å². The van der Waals surface area contributed by atoms with Crippen molar-refractivity contribution < 1.29 is 14.3 Å². The van der Waals surface area contributed by atoms with E-state index in [1.807, 2.05) is 6.92 Å². The Morgan fingerprint density at radius 1 is 1.53 bits per heavy atom. The summed E-state index contributed by atoms with van der Waals surface area (Å²) in [6.07, 6.45) is 0.258. The summed E-state index contributed by atoms with van der Waals surface area (Å²) in [4.78, 5) is 16.3. The molecule has 1 aromatic rings. The van der Waals surface area contributed by atoms with Gasteiger partial charge < -0.3 is 9.47 Å². The largest absolute Gasteiger partial charge is 0.463 e. The molecular weight excluding hydrogens is 234 g/mol. The van der Waals surface area contributed by atoms with Gasteiger partial charge in [-0.2, -0.15) is 0 Å². The first-order chi connectivity index (χ1) is 7.13. The molecule has 0 fully saturated rings. The maximum atomic E-state index is 11.3. The van der Waals surface area contributed by atoms with Crippen molar-refractivity contribution in [2.24, 2.45) is 0 Å². The first-order valence-corrected chi connectivity index (χ1v) is 5.69. The molecule has 0 atom stereocenters. The number of hydrogen-bond acceptors (Lipinski definition) is 6. The number of aryl methyl sites for hydroxylation is 1. The zero-order chi connectivity index (χ0) is 11.3. The number of methoxy groups -OCH3 is 1. The van der Waals surface area contributed by atoms with E-state index in [0.29, 0.717) is 17.6 Å². The fourth-order valence-electron chi connectivity index (χ4n) is 0.998. The molecule has 0 aliphatic carbocycles. The molecule has 0 bridgehead atoms. The molecule has 0 aliphatic heterocycles. The minimum absolute atomic E-state index is 0.257. The summed E-state index contributed by atoms with van der Waals surface area (Å²) >= 11 is 5.52. The van der Waals surface area contributed by atoms with E-state index in [1.54, 1.807) is 7.11 Å². The normalized spacial score (nSPS) is 10.3. The van der Waals surface area contributed by atoms with Gasteiger partial charge in [0.15, 0.2) is 0 Å². The minimum Gasteiger partial charge on any atom is -0.463 e. The SMILES string of the molecule is COCCOC(=O)Cc1sc(S)nc1C. The highest BCUT2D eigenvalue weighted by Gasteiger charge is 2.11. The Balaban J connectivity index is 2.41. The van der Waals surface area contributed by atoms with E-state index in [4.69, 9.17) is 9.47 Å². The number of esters is 1. The quantitative estimate of drug-likeness (QED) is 0.486. The van der Waals surface area contributed by atoms with E-state index in [9.17, 15) is 4.79 Å². The van der Waals surface area contributed by atoms with Crippen LogP contribution in [-0.4, -0.2) is 31.3 Å². The highest BCUT2D eigenvalue weighted by molar-refractivity contribution is 7.82. The predicted octanol–water partition coefficient (Wildman–Crippen LogP) is 1.47. The molecule has 84 valence electrons. The second-order valence-electron chi connectivity index (χ2n) is 2.90. The molecule has 6 heteroatoms. The lowest BCUT2D eigenvalue weighted by atomic mass is 10.3. The maximum absolute atomic E-state index is 11.3. The molecule has 1 heterocycles. The number of ether oxygens (including phenoxy) is 2. The third-order valence-electron chi connectivity index (χ3n) is 1.74. The molecule has 1 aromatic heterocycles. The molecule has 0 saturated carbocycles. The third-order valence-corrected chi connectivity index (χ3v) is 3.07. The van der Waals surface area contributed by atoms with Crippen LogP contribution in [0.25, 0.3) is 0 Å². The number of carbonyl (C=O) groups is 1. The Morgan fingerprint density at radius 2 is 2.27 bits per heavy atom. The smallest absolute Gasteiger partial charge is 0.311 e. The lowest BCUT2D eigenvalue weighted by Crippen LogP contribution is -2.11. The van der Waals surface area contributed by atoms with Crippen LogP contribution in [0.15, 0.2) is 4.34 Å². The summed E-state index contributed by atoms with van der Waals surface area (Å²) in [6.45, 7) is 2.57. The number of rotatable bonds is 5. The van der Waals surface area contributed by atoms with Gasteiger partial charge in [0.2, 0.25) is 0 Å². The van der Waals surface area contributed by atoms with Gasteiger partial charge in [-0.3, -0.25) is 4.79 Å². The minimum atomic E-state index is -0.257. The van der Waals surface area contributed by atoms with Gasteiger partial charge in [0.25, 0.3) is 0 Å². The van der Waals surface area contributed by atoms with Gasteiger partial charge in [-0.15, -0.1) is 24.0 Å². The van der Waals surface area contributed by atoms with Crippen LogP contribution in [-0.2, 0) is 20.7 Å². The first-order valence-electron chi connectivity index (χ1n) is 4.43. The predicted molar refractivity (Wildman–Crippen MR) is 60.6 cm³/mol. The van der Waals surface area contributed by atoms with Gasteiger partial charge in [-0.25, -0.2) is 4.98 Å². The van der Waals surface area contributed by atoms with Crippen molar-refractivity contribution in [2.75, 3.05) is 20.3 Å². The molecule has 4 nitrogen and oxygen atoms in total. The summed E-state index contributed by atoms with van der Waals surface area (Å²) in [5, 5.41) is 0. The van der Waals surface area contributed by atoms with Crippen molar-refractivity contribution in [3.8, 4) is 0 Å². The van der Waals surface area contributed by atoms with Crippen molar-refractivity contribution >= 4 is 29.9 Å². The second kappa shape index (κ2) is 6.09. The molecule has 0 amide bonds. The van der Waals surface area contributed by atoms with Gasteiger partial charge in [0.1, 0.15) is 10.9 Å². The first kappa shape index (κ1) is 12.5. The Hall–Kier alpha value is -0.590. The van der Waals surface area contributed by atoms with Crippen LogP contribution in [0.2, 0.25) is 0 Å². The number of aromatic nitrogens is 1. The van der Waals surface area contributed by atoms with E-state index in [-0.39, 0.29) is 12.4 Å². The van der Waals surface area contributed by atoms with Crippen LogP contribution in [0.4, 0.5) is 0 Å². The molecule has 1 rings (SSSR count). The van der Waals surface area contributed by atoms with Crippen LogP contribution in [0, 0.1) is 6.92 Å². The summed E-state index contributed by atoms with van der Waals surface area (Å²) < 4.78 is 10.4. The van der Waals surface area contributed by atoms with Crippen LogP contribution < -0.4 is 0 Å². The number of thiazole rings is 1. The Kier molecular flexibility index (Phi) is 5.07. The van der Waals surface area contributed by atoms with E-state index in [0.717, 1.165) is 10.6 Å². The van der Waals surface area contributed by atoms with Gasteiger partial charge in [-0.1, -0.05) is 0 Å². The third kappa shape index (κ3) is 4.19. The van der Waals surface area contributed by atoms with Crippen LogP contribution in [0.3, 0.4) is 0 Å². The molecule has 0 aliphatic rings.